The van der Waals surface area contributed by atoms with Crippen molar-refractivity contribution in [2.75, 3.05) is 11.9 Å². The molecule has 27 heavy (non-hydrogen) atoms. The summed E-state index contributed by atoms with van der Waals surface area (Å²) >= 11 is 0. The molecule has 3 amide bonds. The fraction of sp³-hybridized carbons (Fsp3) is 0.176. The number of benzene rings is 2. The molecule has 142 valence electrons. The van der Waals surface area contributed by atoms with Gasteiger partial charge in [-0.2, -0.15) is 0 Å². The van der Waals surface area contributed by atoms with Crippen LogP contribution in [-0.2, 0) is 14.8 Å². The highest BCUT2D eigenvalue weighted by molar-refractivity contribution is 7.90. The van der Waals surface area contributed by atoms with Crippen molar-refractivity contribution in [2.45, 2.75) is 17.9 Å². The third-order valence-corrected chi connectivity index (χ3v) is 5.80. The number of para-hydroxylation sites is 1. The largest absolute Gasteiger partial charge is 0.348 e. The number of nitrogens with one attached hydrogen (secondary N) is 2. The number of anilines is 1. The molecule has 0 saturated carbocycles. The maximum absolute atomic E-state index is 13.8. The SMILES string of the molecule is C[C@H](NC(=O)CN1C(=O)Nc2ccccc2S1(=O)=O)c1ccc(F)cc1F. The van der Waals surface area contributed by atoms with Crippen molar-refractivity contribution in [3.05, 3.63) is 59.7 Å². The van der Waals surface area contributed by atoms with Gasteiger partial charge in [-0.25, -0.2) is 26.3 Å². The van der Waals surface area contributed by atoms with E-state index in [-0.39, 0.29) is 16.1 Å². The average molecular weight is 395 g/mol. The Kier molecular flexibility index (Phi) is 4.83. The molecule has 0 aromatic heterocycles. The van der Waals surface area contributed by atoms with E-state index in [1.807, 2.05) is 0 Å². The first-order chi connectivity index (χ1) is 12.7. The van der Waals surface area contributed by atoms with Crippen LogP contribution in [0.1, 0.15) is 18.5 Å². The van der Waals surface area contributed by atoms with Crippen LogP contribution in [0.5, 0.6) is 0 Å². The first-order valence-corrected chi connectivity index (χ1v) is 9.31. The van der Waals surface area contributed by atoms with Gasteiger partial charge < -0.3 is 10.6 Å². The predicted octanol–water partition coefficient (Wildman–Crippen LogP) is 2.38. The number of carbonyl (C=O) groups is 2. The highest BCUT2D eigenvalue weighted by Gasteiger charge is 2.37. The van der Waals surface area contributed by atoms with Crippen LogP contribution in [0, 0.1) is 11.6 Å². The minimum absolute atomic E-state index is 0.0287. The average Bonchev–Trinajstić information content (AvgIpc) is 2.58. The molecule has 1 aliphatic rings. The molecule has 10 heteroatoms. The van der Waals surface area contributed by atoms with Gasteiger partial charge in [0.05, 0.1) is 11.7 Å². The van der Waals surface area contributed by atoms with E-state index < -0.39 is 46.2 Å². The molecule has 0 bridgehead atoms. The number of rotatable bonds is 4. The minimum atomic E-state index is -4.20. The summed E-state index contributed by atoms with van der Waals surface area (Å²) in [4.78, 5) is 24.2. The quantitative estimate of drug-likeness (QED) is 0.831. The fourth-order valence-electron chi connectivity index (χ4n) is 2.71. The van der Waals surface area contributed by atoms with E-state index in [2.05, 4.69) is 10.6 Å². The smallest absolute Gasteiger partial charge is 0.336 e. The molecule has 3 rings (SSSR count). The zero-order valence-electron chi connectivity index (χ0n) is 14.1. The number of urea groups is 1. The number of nitrogens with zero attached hydrogens (tertiary/aromatic N) is 1. The lowest BCUT2D eigenvalue weighted by atomic mass is 10.1. The predicted molar refractivity (Wildman–Crippen MR) is 92.3 cm³/mol. The van der Waals surface area contributed by atoms with Gasteiger partial charge in [0.1, 0.15) is 23.1 Å². The van der Waals surface area contributed by atoms with Crippen LogP contribution in [0.15, 0.2) is 47.4 Å². The normalized spacial score (nSPS) is 16.3. The second kappa shape index (κ2) is 6.95. The summed E-state index contributed by atoms with van der Waals surface area (Å²) < 4.78 is 52.3. The van der Waals surface area contributed by atoms with Crippen molar-refractivity contribution in [3.8, 4) is 0 Å². The van der Waals surface area contributed by atoms with Crippen molar-refractivity contribution >= 4 is 27.6 Å². The van der Waals surface area contributed by atoms with Gasteiger partial charge in [-0.3, -0.25) is 4.79 Å². The molecule has 2 aromatic rings. The zero-order chi connectivity index (χ0) is 19.8. The lowest BCUT2D eigenvalue weighted by Crippen LogP contribution is -2.48. The standard InChI is InChI=1S/C17H15F2N3O4S/c1-10(12-7-6-11(18)8-13(12)19)20-16(23)9-22-17(24)21-14-4-2-3-5-15(14)27(22,25)26/h2-8,10H,9H2,1H3,(H,20,23)(H,21,24)/t10-/m0/s1. The Labute approximate surface area is 154 Å². The summed E-state index contributed by atoms with van der Waals surface area (Å²) in [6, 6.07) is 6.87. The zero-order valence-corrected chi connectivity index (χ0v) is 14.9. The summed E-state index contributed by atoms with van der Waals surface area (Å²) in [6.45, 7) is 0.671. The van der Waals surface area contributed by atoms with E-state index in [1.54, 1.807) is 6.07 Å². The number of carbonyl (C=O) groups excluding carboxylic acids is 2. The second-order valence-electron chi connectivity index (χ2n) is 5.89. The first-order valence-electron chi connectivity index (χ1n) is 7.87. The number of hydrogen-bond donors (Lipinski definition) is 2. The van der Waals surface area contributed by atoms with E-state index >= 15 is 0 Å². The van der Waals surface area contributed by atoms with Gasteiger partial charge in [0.25, 0.3) is 10.0 Å². The molecule has 2 N–H and O–H groups in total. The maximum atomic E-state index is 13.8. The Hall–Kier alpha value is -3.01. The number of hydrogen-bond acceptors (Lipinski definition) is 4. The van der Waals surface area contributed by atoms with E-state index in [0.717, 1.165) is 6.07 Å². The molecule has 1 atom stereocenters. The third kappa shape index (κ3) is 3.61. The van der Waals surface area contributed by atoms with Crippen LogP contribution in [0.4, 0.5) is 19.3 Å². The summed E-state index contributed by atoms with van der Waals surface area (Å²) in [5.74, 6) is -2.42. The van der Waals surface area contributed by atoms with Gasteiger partial charge in [-0.15, -0.1) is 0 Å². The first kappa shape index (κ1) is 18.8. The van der Waals surface area contributed by atoms with E-state index in [1.165, 1.54) is 31.2 Å². The van der Waals surface area contributed by atoms with Crippen LogP contribution < -0.4 is 10.6 Å². The molecular weight excluding hydrogens is 380 g/mol. The molecular formula is C17H15F2N3O4S. The van der Waals surface area contributed by atoms with Crippen molar-refractivity contribution in [2.24, 2.45) is 0 Å². The van der Waals surface area contributed by atoms with Gasteiger partial charge in [0.15, 0.2) is 0 Å². The minimum Gasteiger partial charge on any atom is -0.348 e. The van der Waals surface area contributed by atoms with Gasteiger partial charge in [0, 0.05) is 11.6 Å². The van der Waals surface area contributed by atoms with Gasteiger partial charge in [-0.05, 0) is 25.1 Å². The van der Waals surface area contributed by atoms with Crippen LogP contribution in [0.25, 0.3) is 0 Å². The number of fused-ring (bicyclic) bond motifs is 1. The fourth-order valence-corrected chi connectivity index (χ4v) is 4.14. The Bertz CT molecular complexity index is 1030. The summed E-state index contributed by atoms with van der Waals surface area (Å²) in [6.07, 6.45) is 0. The van der Waals surface area contributed by atoms with Crippen molar-refractivity contribution in [1.29, 1.82) is 0 Å². The lowest BCUT2D eigenvalue weighted by Gasteiger charge is -2.28. The Morgan fingerprint density at radius 1 is 1.22 bits per heavy atom. The molecule has 1 heterocycles. The summed E-state index contributed by atoms with van der Waals surface area (Å²) in [5.41, 5.74) is 0.155. The molecule has 0 spiro atoms. The van der Waals surface area contributed by atoms with Crippen molar-refractivity contribution in [3.63, 3.8) is 0 Å². The Morgan fingerprint density at radius 3 is 2.63 bits per heavy atom. The lowest BCUT2D eigenvalue weighted by molar-refractivity contribution is -0.121. The number of halogens is 2. The van der Waals surface area contributed by atoms with Gasteiger partial charge >= 0.3 is 6.03 Å². The third-order valence-electron chi connectivity index (χ3n) is 4.02. The molecule has 0 aliphatic carbocycles. The summed E-state index contributed by atoms with van der Waals surface area (Å²) in [5, 5.41) is 4.80. The molecule has 0 radical (unpaired) electrons. The molecule has 0 saturated heterocycles. The molecule has 0 unspecified atom stereocenters. The van der Waals surface area contributed by atoms with Crippen molar-refractivity contribution < 1.29 is 26.8 Å². The monoisotopic (exact) mass is 395 g/mol. The molecule has 1 aliphatic heterocycles. The molecule has 2 aromatic carbocycles. The highest BCUT2D eigenvalue weighted by Crippen LogP contribution is 2.29. The van der Waals surface area contributed by atoms with E-state index in [4.69, 9.17) is 0 Å². The molecule has 0 fully saturated rings. The van der Waals surface area contributed by atoms with Crippen LogP contribution in [0.3, 0.4) is 0 Å². The second-order valence-corrected chi connectivity index (χ2v) is 7.72. The number of amides is 3. The van der Waals surface area contributed by atoms with Crippen LogP contribution in [0.2, 0.25) is 0 Å². The molecule has 7 nitrogen and oxygen atoms in total. The Morgan fingerprint density at radius 2 is 1.93 bits per heavy atom. The highest BCUT2D eigenvalue weighted by atomic mass is 32.2. The van der Waals surface area contributed by atoms with E-state index in [0.29, 0.717) is 10.4 Å². The summed E-state index contributed by atoms with van der Waals surface area (Å²) in [7, 11) is -4.20. The van der Waals surface area contributed by atoms with Crippen LogP contribution in [-0.4, -0.2) is 31.2 Å². The number of sulfonamides is 1. The van der Waals surface area contributed by atoms with Gasteiger partial charge in [0.2, 0.25) is 5.91 Å². The topological polar surface area (TPSA) is 95.6 Å². The van der Waals surface area contributed by atoms with E-state index in [9.17, 15) is 26.8 Å². The van der Waals surface area contributed by atoms with Crippen LogP contribution >= 0.6 is 0 Å². The van der Waals surface area contributed by atoms with Gasteiger partial charge in [-0.1, -0.05) is 18.2 Å². The van der Waals surface area contributed by atoms with Crippen molar-refractivity contribution in [1.82, 2.24) is 9.62 Å². The Balaban J connectivity index is 1.77. The maximum Gasteiger partial charge on any atom is 0.336 e.